The highest BCUT2D eigenvalue weighted by Crippen LogP contribution is 2.28. The first-order valence-corrected chi connectivity index (χ1v) is 7.96. The van der Waals surface area contributed by atoms with E-state index in [-0.39, 0.29) is 6.04 Å². The smallest absolute Gasteiger partial charge is 0.124 e. The molecule has 1 fully saturated rings. The number of piperidine rings is 1. The molecular weight excluding hydrogens is 264 g/mol. The molecule has 1 aromatic carbocycles. The number of hydrogen-bond acceptors (Lipinski definition) is 4. The fourth-order valence-corrected chi connectivity index (χ4v) is 2.98. The predicted molar refractivity (Wildman–Crippen MR) is 85.9 cm³/mol. The molecule has 0 aromatic heterocycles. The van der Waals surface area contributed by atoms with Gasteiger partial charge in [0.2, 0.25) is 0 Å². The minimum Gasteiger partial charge on any atom is -0.507 e. The Morgan fingerprint density at radius 1 is 1.38 bits per heavy atom. The molecule has 1 unspecified atom stereocenters. The normalized spacial score (nSPS) is 18.6. The second-order valence-corrected chi connectivity index (χ2v) is 5.93. The van der Waals surface area contributed by atoms with Crippen LogP contribution in [0.5, 0.6) is 11.5 Å². The molecule has 0 bridgehead atoms. The number of phenols is 1. The van der Waals surface area contributed by atoms with Crippen LogP contribution in [0, 0.1) is 5.92 Å². The molecule has 0 radical (unpaired) electrons. The highest BCUT2D eigenvalue weighted by molar-refractivity contribution is 5.41. The summed E-state index contributed by atoms with van der Waals surface area (Å²) in [6, 6.07) is 5.66. The summed E-state index contributed by atoms with van der Waals surface area (Å²) in [4.78, 5) is 2.51. The van der Waals surface area contributed by atoms with Crippen LogP contribution in [0.1, 0.15) is 38.3 Å². The number of phenolic OH excluding ortho intramolecular Hbond substituents is 1. The molecule has 2 N–H and O–H groups in total. The zero-order valence-electron chi connectivity index (χ0n) is 13.4. The Labute approximate surface area is 128 Å². The average Bonchev–Trinajstić information content (AvgIpc) is 2.52. The average molecular weight is 292 g/mol. The second-order valence-electron chi connectivity index (χ2n) is 5.93. The Hall–Kier alpha value is -1.26. The number of nitrogens with zero attached hydrogens (tertiary/aromatic N) is 1. The van der Waals surface area contributed by atoms with E-state index in [1.807, 2.05) is 12.1 Å². The number of ether oxygens (including phenoxy) is 1. The third kappa shape index (κ3) is 4.35. The van der Waals surface area contributed by atoms with Crippen molar-refractivity contribution in [1.29, 1.82) is 0 Å². The van der Waals surface area contributed by atoms with E-state index < -0.39 is 0 Å². The molecule has 21 heavy (non-hydrogen) atoms. The van der Waals surface area contributed by atoms with E-state index in [9.17, 15) is 5.11 Å². The highest BCUT2D eigenvalue weighted by Gasteiger charge is 2.19. The van der Waals surface area contributed by atoms with E-state index in [4.69, 9.17) is 4.74 Å². The van der Waals surface area contributed by atoms with Crippen molar-refractivity contribution in [3.63, 3.8) is 0 Å². The van der Waals surface area contributed by atoms with Gasteiger partial charge in [-0.2, -0.15) is 0 Å². The first kappa shape index (κ1) is 16.1. The number of likely N-dealkylation sites (tertiary alicyclic amines) is 1. The minimum absolute atomic E-state index is 0.153. The molecule has 1 heterocycles. The number of benzene rings is 1. The number of aromatic hydroxyl groups is 1. The summed E-state index contributed by atoms with van der Waals surface area (Å²) >= 11 is 0. The standard InChI is InChI=1S/C17H28N2O2/c1-4-19-9-7-14(8-10-19)12-18-13(2)16-6-5-15(21-3)11-17(16)20/h5-6,11,13-14,18,20H,4,7-10,12H2,1-3H3. The van der Waals surface area contributed by atoms with Crippen LogP contribution in [0.3, 0.4) is 0 Å². The monoisotopic (exact) mass is 292 g/mol. The van der Waals surface area contributed by atoms with Crippen LogP contribution in [-0.2, 0) is 0 Å². The van der Waals surface area contributed by atoms with Crippen LogP contribution >= 0.6 is 0 Å². The molecule has 1 aliphatic heterocycles. The van der Waals surface area contributed by atoms with Crippen LogP contribution in [-0.4, -0.2) is 43.3 Å². The van der Waals surface area contributed by atoms with Crippen LogP contribution in [0.15, 0.2) is 18.2 Å². The van der Waals surface area contributed by atoms with Gasteiger partial charge in [0.25, 0.3) is 0 Å². The second kappa shape index (κ2) is 7.66. The predicted octanol–water partition coefficient (Wildman–Crippen LogP) is 2.78. The molecule has 1 atom stereocenters. The van der Waals surface area contributed by atoms with Gasteiger partial charge in [-0.1, -0.05) is 13.0 Å². The maximum Gasteiger partial charge on any atom is 0.124 e. The van der Waals surface area contributed by atoms with Crippen molar-refractivity contribution in [3.05, 3.63) is 23.8 Å². The molecule has 4 heteroatoms. The molecule has 1 aromatic rings. The van der Waals surface area contributed by atoms with Crippen LogP contribution < -0.4 is 10.1 Å². The molecule has 2 rings (SSSR count). The van der Waals surface area contributed by atoms with Crippen molar-refractivity contribution in [2.24, 2.45) is 5.92 Å². The van der Waals surface area contributed by atoms with E-state index in [0.29, 0.717) is 11.5 Å². The lowest BCUT2D eigenvalue weighted by Crippen LogP contribution is -2.37. The number of methoxy groups -OCH3 is 1. The zero-order valence-corrected chi connectivity index (χ0v) is 13.4. The Bertz CT molecular complexity index is 442. The minimum atomic E-state index is 0.153. The van der Waals surface area contributed by atoms with Crippen molar-refractivity contribution >= 4 is 0 Å². The lowest BCUT2D eigenvalue weighted by Gasteiger charge is -2.31. The summed E-state index contributed by atoms with van der Waals surface area (Å²) in [5.74, 6) is 1.74. The first-order chi connectivity index (χ1) is 10.1. The van der Waals surface area contributed by atoms with Gasteiger partial charge in [-0.3, -0.25) is 0 Å². The van der Waals surface area contributed by atoms with Gasteiger partial charge in [0, 0.05) is 17.7 Å². The topological polar surface area (TPSA) is 44.7 Å². The van der Waals surface area contributed by atoms with Crippen molar-refractivity contribution < 1.29 is 9.84 Å². The van der Waals surface area contributed by atoms with E-state index in [1.165, 1.54) is 25.9 Å². The van der Waals surface area contributed by atoms with E-state index >= 15 is 0 Å². The zero-order chi connectivity index (χ0) is 15.2. The van der Waals surface area contributed by atoms with Gasteiger partial charge < -0.3 is 20.1 Å². The van der Waals surface area contributed by atoms with E-state index in [0.717, 1.165) is 24.6 Å². The Kier molecular flexibility index (Phi) is 5.88. The quantitative estimate of drug-likeness (QED) is 0.846. The summed E-state index contributed by atoms with van der Waals surface area (Å²) in [6.07, 6.45) is 2.53. The third-order valence-corrected chi connectivity index (χ3v) is 4.57. The number of hydrogen-bond donors (Lipinski definition) is 2. The van der Waals surface area contributed by atoms with Gasteiger partial charge in [0.05, 0.1) is 7.11 Å². The van der Waals surface area contributed by atoms with Crippen molar-refractivity contribution in [2.45, 2.75) is 32.7 Å². The third-order valence-electron chi connectivity index (χ3n) is 4.57. The molecule has 0 aliphatic carbocycles. The van der Waals surface area contributed by atoms with Gasteiger partial charge in [0.1, 0.15) is 11.5 Å². The van der Waals surface area contributed by atoms with Gasteiger partial charge in [-0.05, 0) is 57.9 Å². The molecule has 1 saturated heterocycles. The maximum atomic E-state index is 10.1. The number of rotatable bonds is 6. The number of nitrogens with one attached hydrogen (secondary N) is 1. The summed E-state index contributed by atoms with van der Waals surface area (Å²) in [7, 11) is 1.61. The molecule has 0 amide bonds. The molecule has 0 spiro atoms. The Balaban J connectivity index is 1.83. The fraction of sp³-hybridized carbons (Fsp3) is 0.647. The van der Waals surface area contributed by atoms with Crippen molar-refractivity contribution in [3.8, 4) is 11.5 Å². The van der Waals surface area contributed by atoms with Crippen LogP contribution in [0.4, 0.5) is 0 Å². The van der Waals surface area contributed by atoms with Crippen LogP contribution in [0.25, 0.3) is 0 Å². The molecular formula is C17H28N2O2. The van der Waals surface area contributed by atoms with E-state index in [1.54, 1.807) is 13.2 Å². The maximum absolute atomic E-state index is 10.1. The highest BCUT2D eigenvalue weighted by atomic mass is 16.5. The van der Waals surface area contributed by atoms with Crippen molar-refractivity contribution in [2.75, 3.05) is 33.3 Å². The van der Waals surface area contributed by atoms with Gasteiger partial charge in [-0.15, -0.1) is 0 Å². The molecule has 118 valence electrons. The first-order valence-electron chi connectivity index (χ1n) is 7.96. The van der Waals surface area contributed by atoms with E-state index in [2.05, 4.69) is 24.1 Å². The largest absolute Gasteiger partial charge is 0.507 e. The molecule has 0 saturated carbocycles. The summed E-state index contributed by atoms with van der Waals surface area (Å²) < 4.78 is 5.12. The Morgan fingerprint density at radius 3 is 2.67 bits per heavy atom. The fourth-order valence-electron chi connectivity index (χ4n) is 2.98. The van der Waals surface area contributed by atoms with Gasteiger partial charge >= 0.3 is 0 Å². The SMILES string of the molecule is CCN1CCC(CNC(C)c2ccc(OC)cc2O)CC1. The van der Waals surface area contributed by atoms with Crippen LogP contribution in [0.2, 0.25) is 0 Å². The molecule has 1 aliphatic rings. The summed E-state index contributed by atoms with van der Waals surface area (Å²) in [6.45, 7) is 8.94. The Morgan fingerprint density at radius 2 is 2.10 bits per heavy atom. The lowest BCUT2D eigenvalue weighted by atomic mass is 9.96. The van der Waals surface area contributed by atoms with Gasteiger partial charge in [0.15, 0.2) is 0 Å². The van der Waals surface area contributed by atoms with Gasteiger partial charge in [-0.25, -0.2) is 0 Å². The van der Waals surface area contributed by atoms with Crippen molar-refractivity contribution in [1.82, 2.24) is 10.2 Å². The summed E-state index contributed by atoms with van der Waals surface area (Å²) in [5, 5.41) is 13.6. The molecule has 4 nitrogen and oxygen atoms in total. The summed E-state index contributed by atoms with van der Waals surface area (Å²) in [5.41, 5.74) is 0.932. The lowest BCUT2D eigenvalue weighted by molar-refractivity contribution is 0.188.